The SMILES string of the molecule is CCOCc1nc(NC)c(Br)c(-c2ccccc2)n1. The number of aromatic nitrogens is 2. The monoisotopic (exact) mass is 321 g/mol. The zero-order valence-electron chi connectivity index (χ0n) is 11.0. The van der Waals surface area contributed by atoms with E-state index < -0.39 is 0 Å². The summed E-state index contributed by atoms with van der Waals surface area (Å²) in [5.74, 6) is 1.44. The molecule has 0 aliphatic heterocycles. The van der Waals surface area contributed by atoms with Gasteiger partial charge in [0.2, 0.25) is 0 Å². The molecule has 0 saturated heterocycles. The highest BCUT2D eigenvalue weighted by Gasteiger charge is 2.12. The summed E-state index contributed by atoms with van der Waals surface area (Å²) in [5.41, 5.74) is 1.92. The second-order valence-corrected chi connectivity index (χ2v) is 4.70. The summed E-state index contributed by atoms with van der Waals surface area (Å²) >= 11 is 3.55. The lowest BCUT2D eigenvalue weighted by Crippen LogP contribution is -2.05. The van der Waals surface area contributed by atoms with Crippen molar-refractivity contribution in [1.82, 2.24) is 9.97 Å². The van der Waals surface area contributed by atoms with Crippen LogP contribution in [0.15, 0.2) is 34.8 Å². The molecule has 0 fully saturated rings. The largest absolute Gasteiger partial charge is 0.374 e. The molecule has 0 aliphatic carbocycles. The summed E-state index contributed by atoms with van der Waals surface area (Å²) < 4.78 is 6.24. The number of hydrogen-bond acceptors (Lipinski definition) is 4. The number of ether oxygens (including phenoxy) is 1. The van der Waals surface area contributed by atoms with Crippen molar-refractivity contribution in [1.29, 1.82) is 0 Å². The Labute approximate surface area is 121 Å². The van der Waals surface area contributed by atoms with Crippen LogP contribution in [0.3, 0.4) is 0 Å². The van der Waals surface area contributed by atoms with Gasteiger partial charge in [-0.25, -0.2) is 9.97 Å². The van der Waals surface area contributed by atoms with Crippen molar-refractivity contribution in [3.8, 4) is 11.3 Å². The number of hydrogen-bond donors (Lipinski definition) is 1. The Balaban J connectivity index is 2.46. The van der Waals surface area contributed by atoms with Crippen molar-refractivity contribution in [3.05, 3.63) is 40.6 Å². The van der Waals surface area contributed by atoms with Gasteiger partial charge in [0.1, 0.15) is 12.4 Å². The van der Waals surface area contributed by atoms with Crippen LogP contribution in [0.5, 0.6) is 0 Å². The van der Waals surface area contributed by atoms with Gasteiger partial charge in [-0.05, 0) is 22.9 Å². The molecule has 5 heteroatoms. The molecule has 1 aromatic heterocycles. The molecule has 0 amide bonds. The van der Waals surface area contributed by atoms with Crippen LogP contribution in [0.4, 0.5) is 5.82 Å². The highest BCUT2D eigenvalue weighted by molar-refractivity contribution is 9.10. The van der Waals surface area contributed by atoms with Crippen LogP contribution >= 0.6 is 15.9 Å². The van der Waals surface area contributed by atoms with Crippen molar-refractivity contribution in [2.75, 3.05) is 19.0 Å². The fourth-order valence-corrected chi connectivity index (χ4v) is 2.31. The summed E-state index contributed by atoms with van der Waals surface area (Å²) in [6.45, 7) is 3.02. The average molecular weight is 322 g/mol. The van der Waals surface area contributed by atoms with Crippen molar-refractivity contribution in [3.63, 3.8) is 0 Å². The minimum Gasteiger partial charge on any atom is -0.374 e. The Morgan fingerprint density at radius 2 is 1.95 bits per heavy atom. The van der Waals surface area contributed by atoms with Crippen LogP contribution in [0.2, 0.25) is 0 Å². The fourth-order valence-electron chi connectivity index (χ4n) is 1.70. The van der Waals surface area contributed by atoms with Crippen LogP contribution in [-0.4, -0.2) is 23.6 Å². The molecule has 0 aliphatic rings. The quantitative estimate of drug-likeness (QED) is 0.915. The highest BCUT2D eigenvalue weighted by atomic mass is 79.9. The van der Waals surface area contributed by atoms with Gasteiger partial charge < -0.3 is 10.1 Å². The smallest absolute Gasteiger partial charge is 0.157 e. The minimum absolute atomic E-state index is 0.415. The summed E-state index contributed by atoms with van der Waals surface area (Å²) in [4.78, 5) is 8.99. The van der Waals surface area contributed by atoms with E-state index in [1.165, 1.54) is 0 Å². The van der Waals surface area contributed by atoms with Crippen LogP contribution in [0.1, 0.15) is 12.7 Å². The lowest BCUT2D eigenvalue weighted by atomic mass is 10.1. The Bertz CT molecular complexity index is 546. The molecule has 4 nitrogen and oxygen atoms in total. The van der Waals surface area contributed by atoms with Crippen molar-refractivity contribution in [2.24, 2.45) is 0 Å². The first-order valence-corrected chi connectivity index (χ1v) is 6.93. The maximum atomic E-state index is 5.38. The molecule has 19 heavy (non-hydrogen) atoms. The molecule has 1 heterocycles. The van der Waals surface area contributed by atoms with Crippen molar-refractivity contribution >= 4 is 21.7 Å². The molecular weight excluding hydrogens is 306 g/mol. The molecule has 1 N–H and O–H groups in total. The van der Waals surface area contributed by atoms with Gasteiger partial charge in [-0.3, -0.25) is 0 Å². The first-order valence-electron chi connectivity index (χ1n) is 6.13. The molecule has 0 spiro atoms. The zero-order chi connectivity index (χ0) is 13.7. The molecule has 2 aromatic rings. The number of anilines is 1. The summed E-state index contributed by atoms with van der Waals surface area (Å²) in [6, 6.07) is 10.0. The third kappa shape index (κ3) is 3.30. The maximum absolute atomic E-state index is 5.38. The second kappa shape index (κ2) is 6.63. The van der Waals surface area contributed by atoms with Crippen molar-refractivity contribution in [2.45, 2.75) is 13.5 Å². The van der Waals surface area contributed by atoms with E-state index in [1.807, 2.05) is 44.3 Å². The van der Waals surface area contributed by atoms with Crippen LogP contribution < -0.4 is 5.32 Å². The molecule has 0 radical (unpaired) electrons. The number of rotatable bonds is 5. The standard InChI is InChI=1S/C14H16BrN3O/c1-3-19-9-11-17-13(10-7-5-4-6-8-10)12(15)14(16-2)18-11/h4-8H,3,9H2,1-2H3,(H,16,17,18). The third-order valence-corrected chi connectivity index (χ3v) is 3.37. The van der Waals surface area contributed by atoms with Gasteiger partial charge in [0.25, 0.3) is 0 Å². The Morgan fingerprint density at radius 3 is 2.58 bits per heavy atom. The van der Waals surface area contributed by atoms with Gasteiger partial charge in [0.05, 0.1) is 10.2 Å². The zero-order valence-corrected chi connectivity index (χ0v) is 12.6. The first-order chi connectivity index (χ1) is 9.26. The number of nitrogens with one attached hydrogen (secondary N) is 1. The molecule has 0 atom stereocenters. The summed E-state index contributed by atoms with van der Waals surface area (Å²) in [7, 11) is 1.84. The third-order valence-electron chi connectivity index (χ3n) is 2.62. The molecule has 0 saturated carbocycles. The summed E-state index contributed by atoms with van der Waals surface area (Å²) in [6.07, 6.45) is 0. The van der Waals surface area contributed by atoms with Crippen LogP contribution in [-0.2, 0) is 11.3 Å². The van der Waals surface area contributed by atoms with Gasteiger partial charge in [0, 0.05) is 19.2 Å². The van der Waals surface area contributed by atoms with E-state index in [0.29, 0.717) is 19.0 Å². The summed E-state index contributed by atoms with van der Waals surface area (Å²) in [5, 5.41) is 3.07. The van der Waals surface area contributed by atoms with Crippen molar-refractivity contribution < 1.29 is 4.74 Å². The van der Waals surface area contributed by atoms with E-state index in [2.05, 4.69) is 31.2 Å². The van der Waals surface area contributed by atoms with Crippen LogP contribution in [0.25, 0.3) is 11.3 Å². The Kier molecular flexibility index (Phi) is 4.87. The molecule has 0 unspecified atom stereocenters. The van der Waals surface area contributed by atoms with Gasteiger partial charge in [-0.1, -0.05) is 30.3 Å². The lowest BCUT2D eigenvalue weighted by molar-refractivity contribution is 0.128. The number of nitrogens with zero attached hydrogens (tertiary/aromatic N) is 2. The highest BCUT2D eigenvalue weighted by Crippen LogP contribution is 2.31. The van der Waals surface area contributed by atoms with E-state index in [0.717, 1.165) is 21.5 Å². The topological polar surface area (TPSA) is 47.0 Å². The second-order valence-electron chi connectivity index (χ2n) is 3.90. The van der Waals surface area contributed by atoms with E-state index in [1.54, 1.807) is 0 Å². The Morgan fingerprint density at radius 1 is 1.21 bits per heavy atom. The maximum Gasteiger partial charge on any atom is 0.157 e. The number of benzene rings is 1. The van der Waals surface area contributed by atoms with E-state index in [9.17, 15) is 0 Å². The predicted molar refractivity (Wildman–Crippen MR) is 80.0 cm³/mol. The minimum atomic E-state index is 0.415. The Hall–Kier alpha value is -1.46. The van der Waals surface area contributed by atoms with E-state index >= 15 is 0 Å². The molecule has 2 rings (SSSR count). The molecular formula is C14H16BrN3O. The predicted octanol–water partition coefficient (Wildman–Crippen LogP) is 3.48. The normalized spacial score (nSPS) is 10.5. The molecule has 1 aromatic carbocycles. The van der Waals surface area contributed by atoms with Gasteiger partial charge >= 0.3 is 0 Å². The molecule has 100 valence electrons. The first kappa shape index (κ1) is 14.0. The molecule has 0 bridgehead atoms. The van der Waals surface area contributed by atoms with Gasteiger partial charge in [0.15, 0.2) is 5.82 Å². The fraction of sp³-hybridized carbons (Fsp3) is 0.286. The van der Waals surface area contributed by atoms with E-state index in [-0.39, 0.29) is 0 Å². The van der Waals surface area contributed by atoms with Crippen LogP contribution in [0, 0.1) is 0 Å². The van der Waals surface area contributed by atoms with E-state index in [4.69, 9.17) is 4.74 Å². The van der Waals surface area contributed by atoms with Gasteiger partial charge in [-0.2, -0.15) is 0 Å². The number of halogens is 1. The lowest BCUT2D eigenvalue weighted by Gasteiger charge is -2.11. The average Bonchev–Trinajstić information content (AvgIpc) is 2.47. The van der Waals surface area contributed by atoms with Gasteiger partial charge in [-0.15, -0.1) is 0 Å².